The summed E-state index contributed by atoms with van der Waals surface area (Å²) in [6.07, 6.45) is 1.74. The van der Waals surface area contributed by atoms with Gasteiger partial charge in [-0.25, -0.2) is 19.6 Å². The van der Waals surface area contributed by atoms with Crippen molar-refractivity contribution in [1.29, 1.82) is 0 Å². The van der Waals surface area contributed by atoms with Crippen LogP contribution in [0.15, 0.2) is 60.7 Å². The van der Waals surface area contributed by atoms with Crippen LogP contribution in [0, 0.1) is 23.7 Å². The molecule has 14 nitrogen and oxygen atoms in total. The van der Waals surface area contributed by atoms with Gasteiger partial charge < -0.3 is 40.2 Å². The van der Waals surface area contributed by atoms with Crippen LogP contribution in [-0.2, 0) is 14.3 Å². The maximum absolute atomic E-state index is 13.9. The molecule has 4 heterocycles. The van der Waals surface area contributed by atoms with E-state index >= 15 is 0 Å². The van der Waals surface area contributed by atoms with Crippen LogP contribution in [0.2, 0.25) is 0 Å². The Bertz CT molecular complexity index is 2400. The number of aromatic amines is 2. The lowest BCUT2D eigenvalue weighted by Crippen LogP contribution is -2.52. The number of hydrogen-bond acceptors (Lipinski definition) is 7. The predicted octanol–water partition coefficient (Wildman–Crippen LogP) is 6.77. The molecule has 0 radical (unpaired) electrons. The Kier molecular flexibility index (Phi) is 8.97. The number of ether oxygens (including phenoxy) is 1. The van der Waals surface area contributed by atoms with E-state index in [2.05, 4.69) is 69.1 Å². The first kappa shape index (κ1) is 36.7. The van der Waals surface area contributed by atoms with Crippen molar-refractivity contribution in [3.63, 3.8) is 0 Å². The Morgan fingerprint density at radius 2 is 1.09 bits per heavy atom. The van der Waals surface area contributed by atoms with E-state index in [1.54, 1.807) is 0 Å². The molecule has 5 aromatic rings. The number of H-pyrrole nitrogens is 2. The van der Waals surface area contributed by atoms with E-state index in [9.17, 15) is 24.3 Å². The van der Waals surface area contributed by atoms with Crippen molar-refractivity contribution in [3.05, 3.63) is 72.3 Å². The molecule has 0 bridgehead atoms. The molecule has 2 aliphatic heterocycles. The quantitative estimate of drug-likeness (QED) is 0.103. The predicted molar refractivity (Wildman–Crippen MR) is 213 cm³/mol. The Labute approximate surface area is 329 Å². The van der Waals surface area contributed by atoms with Crippen molar-refractivity contribution >= 4 is 46.1 Å². The number of likely N-dealkylation sites (tertiary alicyclic amines) is 2. The number of carboxylic acid groups (broad SMARTS) is 1. The number of nitrogens with zero attached hydrogens (tertiary/aromatic N) is 4. The van der Waals surface area contributed by atoms with Gasteiger partial charge in [0.1, 0.15) is 23.7 Å². The van der Waals surface area contributed by atoms with Crippen LogP contribution in [0.4, 0.5) is 9.59 Å². The van der Waals surface area contributed by atoms with Gasteiger partial charge in [0.15, 0.2) is 0 Å². The van der Waals surface area contributed by atoms with Gasteiger partial charge in [0.25, 0.3) is 0 Å². The van der Waals surface area contributed by atoms with E-state index in [4.69, 9.17) is 14.7 Å². The Morgan fingerprint density at radius 1 is 0.667 bits per heavy atom. The van der Waals surface area contributed by atoms with Crippen LogP contribution >= 0.6 is 0 Å². The first-order valence-electron chi connectivity index (χ1n) is 20.0. The van der Waals surface area contributed by atoms with Gasteiger partial charge in [-0.2, -0.15) is 0 Å². The Balaban J connectivity index is 0.920. The Morgan fingerprint density at radius 3 is 1.49 bits per heavy atom. The molecule has 2 aliphatic carbocycles. The summed E-state index contributed by atoms with van der Waals surface area (Å²) in [7, 11) is 1.30. The second-order valence-electron chi connectivity index (χ2n) is 16.9. The van der Waals surface area contributed by atoms with Gasteiger partial charge in [0.05, 0.1) is 41.3 Å². The largest absolute Gasteiger partial charge is 0.465 e. The molecule has 3 aromatic carbocycles. The number of hydrogen-bond donors (Lipinski definition) is 5. The number of carbonyl (C=O) groups is 4. The number of benzene rings is 3. The molecule has 296 valence electrons. The van der Waals surface area contributed by atoms with Gasteiger partial charge in [0, 0.05) is 12.1 Å². The number of carbonyl (C=O) groups excluding carboxylic acids is 3. The molecule has 2 aromatic heterocycles. The van der Waals surface area contributed by atoms with Gasteiger partial charge in [0.2, 0.25) is 11.8 Å². The summed E-state index contributed by atoms with van der Waals surface area (Å²) < 4.78 is 4.81. The third-order valence-electron chi connectivity index (χ3n) is 12.5. The smallest absolute Gasteiger partial charge is 0.407 e. The van der Waals surface area contributed by atoms with E-state index in [1.165, 1.54) is 7.11 Å². The summed E-state index contributed by atoms with van der Waals surface area (Å²) >= 11 is 0. The molecule has 4 aliphatic rings. The molecule has 2 saturated heterocycles. The highest BCUT2D eigenvalue weighted by atomic mass is 16.5. The number of methoxy groups -OCH3 is 1. The summed E-state index contributed by atoms with van der Waals surface area (Å²) in [4.78, 5) is 71.8. The molecular weight excluding hydrogens is 725 g/mol. The molecule has 57 heavy (non-hydrogen) atoms. The molecule has 4 unspecified atom stereocenters. The van der Waals surface area contributed by atoms with Gasteiger partial charge in [-0.05, 0) is 95.9 Å². The minimum Gasteiger partial charge on any atom is -0.465 e. The number of amides is 4. The lowest BCUT2D eigenvalue weighted by atomic mass is 10.00. The average Bonchev–Trinajstić information content (AvgIpc) is 3.85. The van der Waals surface area contributed by atoms with Gasteiger partial charge in [-0.3, -0.25) is 9.59 Å². The average molecular weight is 773 g/mol. The maximum Gasteiger partial charge on any atom is 0.407 e. The second kappa shape index (κ2) is 13.9. The zero-order chi connectivity index (χ0) is 39.9. The SMILES string of the molecule is COC(=O)N[C@H](C(=O)N1C(c2nc3ccc(-c4ccc(-c5ccc6nc([C@@H]7C[C@H]8CC8N7C(=O)[C@@H](NC(=O)O)C(C)C)[nH]c6c5)cc4)cc3[nH]2)CC2CC21)C(C)C. The van der Waals surface area contributed by atoms with Crippen molar-refractivity contribution in [2.45, 2.75) is 89.6 Å². The minimum atomic E-state index is -1.20. The highest BCUT2D eigenvalue weighted by Crippen LogP contribution is 2.54. The van der Waals surface area contributed by atoms with E-state index in [0.29, 0.717) is 11.8 Å². The minimum absolute atomic E-state index is 0.102. The van der Waals surface area contributed by atoms with E-state index < -0.39 is 24.3 Å². The number of alkyl carbamates (subject to hydrolysis) is 1. The molecule has 2 saturated carbocycles. The molecule has 0 spiro atoms. The zero-order valence-corrected chi connectivity index (χ0v) is 32.7. The highest BCUT2D eigenvalue weighted by molar-refractivity contribution is 5.89. The number of imidazole rings is 2. The van der Waals surface area contributed by atoms with E-state index in [1.807, 2.05) is 49.6 Å². The third-order valence-corrected chi connectivity index (χ3v) is 12.5. The van der Waals surface area contributed by atoms with Crippen molar-refractivity contribution in [1.82, 2.24) is 40.4 Å². The van der Waals surface area contributed by atoms with Crippen LogP contribution in [0.25, 0.3) is 44.3 Å². The number of nitrogens with one attached hydrogen (secondary N) is 4. The zero-order valence-electron chi connectivity index (χ0n) is 32.7. The lowest BCUT2D eigenvalue weighted by Gasteiger charge is -2.31. The third kappa shape index (κ3) is 6.64. The number of fused-ring (bicyclic) bond motifs is 4. The van der Waals surface area contributed by atoms with Gasteiger partial charge in [-0.1, -0.05) is 64.1 Å². The number of aromatic nitrogens is 4. The van der Waals surface area contributed by atoms with Crippen LogP contribution in [-0.4, -0.2) is 90.1 Å². The van der Waals surface area contributed by atoms with Crippen LogP contribution in [0.3, 0.4) is 0 Å². The van der Waals surface area contributed by atoms with Crippen molar-refractivity contribution in [3.8, 4) is 22.3 Å². The molecule has 4 amide bonds. The van der Waals surface area contributed by atoms with E-state index in [-0.39, 0.29) is 47.8 Å². The normalized spacial score (nSPS) is 24.4. The molecule has 5 N–H and O–H groups in total. The maximum atomic E-state index is 13.9. The lowest BCUT2D eigenvalue weighted by molar-refractivity contribution is -0.137. The van der Waals surface area contributed by atoms with Crippen molar-refractivity contribution < 1.29 is 29.0 Å². The summed E-state index contributed by atoms with van der Waals surface area (Å²) in [6.45, 7) is 7.55. The van der Waals surface area contributed by atoms with E-state index in [0.717, 1.165) is 81.7 Å². The molecule has 4 fully saturated rings. The number of rotatable bonds is 10. The van der Waals surface area contributed by atoms with Crippen molar-refractivity contribution in [2.24, 2.45) is 23.7 Å². The molecular formula is C43H48N8O6. The first-order chi connectivity index (χ1) is 27.4. The molecule has 9 rings (SSSR count). The Hall–Kier alpha value is -5.92. The fourth-order valence-electron chi connectivity index (χ4n) is 9.29. The van der Waals surface area contributed by atoms with Crippen molar-refractivity contribution in [2.75, 3.05) is 7.11 Å². The second-order valence-corrected chi connectivity index (χ2v) is 16.9. The standard InChI is InChI=1S/C43H48N8O6/c1-20(2)36(48-42(54)55)40(52)50-32-16-26(32)18-34(50)38-44-28-12-10-24(14-30(28)46-38)22-6-8-23(9-7-22)25-11-13-29-31(15-25)47-39(45-29)35-19-27-17-33(27)51(35)41(53)37(21(3)4)49-43(56)57-5/h6-15,20-21,26-27,32-37,48H,16-19H2,1-5H3,(H,44,46)(H,45,47)(H,49,56)(H,54,55)/t26-,27?,32?,33?,34+,35?,36+,37+/m1/s1. The monoisotopic (exact) mass is 772 g/mol. The summed E-state index contributed by atoms with van der Waals surface area (Å²) in [5.41, 5.74) is 7.58. The van der Waals surface area contributed by atoms with Gasteiger partial charge >= 0.3 is 12.2 Å². The van der Waals surface area contributed by atoms with Gasteiger partial charge in [-0.15, -0.1) is 0 Å². The fraction of sp³-hybridized carbons (Fsp3) is 0.442. The van der Waals surface area contributed by atoms with Crippen LogP contribution in [0.1, 0.15) is 77.1 Å². The van der Waals surface area contributed by atoms with Crippen LogP contribution < -0.4 is 10.6 Å². The molecule has 8 atom stereocenters. The fourth-order valence-corrected chi connectivity index (χ4v) is 9.29. The summed E-state index contributed by atoms with van der Waals surface area (Å²) in [5.74, 6) is 1.76. The first-order valence-corrected chi connectivity index (χ1v) is 20.0. The number of piperidine rings is 2. The summed E-state index contributed by atoms with van der Waals surface area (Å²) in [5, 5.41) is 14.6. The topological polar surface area (TPSA) is 186 Å². The summed E-state index contributed by atoms with van der Waals surface area (Å²) in [6, 6.07) is 19.1. The van der Waals surface area contributed by atoms with Crippen LogP contribution in [0.5, 0.6) is 0 Å². The highest BCUT2D eigenvalue weighted by Gasteiger charge is 2.57. The molecule has 14 heteroatoms.